The zero-order valence-electron chi connectivity index (χ0n) is 32.2. The fraction of sp³-hybridized carbons (Fsp3) is 0.643. The molecule has 1 aliphatic heterocycles. The van der Waals surface area contributed by atoms with Crippen LogP contribution in [0.25, 0.3) is 0 Å². The van der Waals surface area contributed by atoms with Gasteiger partial charge in [-0.25, -0.2) is 0 Å². The summed E-state index contributed by atoms with van der Waals surface area (Å²) in [5, 5.41) is -4.60. The van der Waals surface area contributed by atoms with Gasteiger partial charge in [0.25, 0.3) is 0 Å². The van der Waals surface area contributed by atoms with Crippen LogP contribution in [-0.4, -0.2) is 50.4 Å². The molecule has 2 aromatic rings. The Bertz CT molecular complexity index is 1880. The molecule has 0 N–H and O–H groups in total. The minimum atomic E-state index is -5.63. The van der Waals surface area contributed by atoms with Crippen LogP contribution < -0.4 is 0 Å². The molecule has 9 nitrogen and oxygen atoms in total. The first-order chi connectivity index (χ1) is 25.7. The van der Waals surface area contributed by atoms with Crippen molar-refractivity contribution in [2.24, 2.45) is 46.8 Å². The molecule has 13 heteroatoms. The molecule has 1 heterocycles. The van der Waals surface area contributed by atoms with Crippen LogP contribution in [0.5, 0.6) is 0 Å². The van der Waals surface area contributed by atoms with Crippen molar-refractivity contribution in [2.45, 2.75) is 115 Å². The van der Waals surface area contributed by atoms with Crippen molar-refractivity contribution < 1.29 is 48.3 Å². The molecule has 0 radical (unpaired) electrons. The second kappa shape index (κ2) is 13.5. The van der Waals surface area contributed by atoms with Crippen molar-refractivity contribution in [3.8, 4) is 0 Å². The molecule has 6 bridgehead atoms. The number of ether oxygens (including phenoxy) is 3. The van der Waals surface area contributed by atoms with Crippen LogP contribution in [0.1, 0.15) is 97.6 Å². The summed E-state index contributed by atoms with van der Waals surface area (Å²) < 4.78 is 82.1. The van der Waals surface area contributed by atoms with Crippen LogP contribution in [0, 0.1) is 54.0 Å². The van der Waals surface area contributed by atoms with Gasteiger partial charge >= 0.3 is 275 Å². The minimum absolute atomic E-state index is 0.194. The summed E-state index contributed by atoms with van der Waals surface area (Å²) in [7, 11) is -5.63. The molecule has 2 aromatic carbocycles. The van der Waals surface area contributed by atoms with Gasteiger partial charge in [-0.15, -0.1) is 0 Å². The van der Waals surface area contributed by atoms with Crippen LogP contribution in [0.3, 0.4) is 0 Å². The van der Waals surface area contributed by atoms with Gasteiger partial charge in [0, 0.05) is 0 Å². The van der Waals surface area contributed by atoms with E-state index in [1.807, 2.05) is 65.8 Å². The normalized spacial score (nSPS) is 33.8. The molecule has 6 saturated carbocycles. The van der Waals surface area contributed by atoms with Gasteiger partial charge in [-0.1, -0.05) is 0 Å². The van der Waals surface area contributed by atoms with Gasteiger partial charge in [0.1, 0.15) is 0 Å². The summed E-state index contributed by atoms with van der Waals surface area (Å²) >= 11 is -3.53. The van der Waals surface area contributed by atoms with Crippen LogP contribution in [0.2, 0.25) is 0 Å². The number of hydrogen-bond acceptors (Lipinski definition) is 9. The zero-order valence-corrected chi connectivity index (χ0v) is 35.2. The van der Waals surface area contributed by atoms with Crippen molar-refractivity contribution in [2.75, 3.05) is 6.61 Å². The van der Waals surface area contributed by atoms with E-state index < -0.39 is 95.4 Å². The molecular weight excluding hydrogens is 845 g/mol. The Labute approximate surface area is 330 Å². The van der Waals surface area contributed by atoms with E-state index in [-0.39, 0.29) is 16.8 Å². The molecule has 55 heavy (non-hydrogen) atoms. The summed E-state index contributed by atoms with van der Waals surface area (Å²) in [6.45, 7) is 10.4. The third kappa shape index (κ3) is 6.93. The Morgan fingerprint density at radius 2 is 1.29 bits per heavy atom. The molecular formula is C42H51F2IO9S. The predicted molar refractivity (Wildman–Crippen MR) is 207 cm³/mol. The van der Waals surface area contributed by atoms with Crippen molar-refractivity contribution in [1.82, 2.24) is 0 Å². The number of alkyl halides is 2. The molecule has 7 aliphatic rings. The first-order valence-electron chi connectivity index (χ1n) is 19.5. The molecule has 6 aliphatic carbocycles. The van der Waals surface area contributed by atoms with Crippen LogP contribution >= 0.6 is 20.2 Å². The predicted octanol–water partition coefficient (Wildman–Crippen LogP) is 8.16. The van der Waals surface area contributed by atoms with E-state index in [2.05, 4.69) is 0 Å². The molecule has 0 aromatic heterocycles. The van der Waals surface area contributed by atoms with E-state index in [0.717, 1.165) is 49.7 Å². The monoisotopic (exact) mass is 896 g/mol. The summed E-state index contributed by atoms with van der Waals surface area (Å²) in [5.41, 5.74) is 1.01. The summed E-state index contributed by atoms with van der Waals surface area (Å²) in [4.78, 5) is 40.6. The van der Waals surface area contributed by atoms with Gasteiger partial charge < -0.3 is 0 Å². The average molecular weight is 897 g/mol. The number of hydrogen-bond donors (Lipinski definition) is 0. The SMILES string of the molecule is CC(C)(C)c1ccc(I(OS(=O)(=O)C(F)(F)COC(=O)C2C3CC4C(OC(=O)C42)C3OC(=O)C23CC4CC(CC(C4)C2)C3)c2ccc(C(C)(C)C)cc2)cc1. The van der Waals surface area contributed by atoms with Gasteiger partial charge in [0.05, 0.1) is 0 Å². The summed E-state index contributed by atoms with van der Waals surface area (Å²) in [6.07, 6.45) is 4.50. The third-order valence-electron chi connectivity index (χ3n) is 13.2. The fourth-order valence-corrected chi connectivity index (χ4v) is 17.7. The van der Waals surface area contributed by atoms with Crippen LogP contribution in [0.15, 0.2) is 48.5 Å². The number of halogens is 3. The molecule has 300 valence electrons. The molecule has 6 atom stereocenters. The Morgan fingerprint density at radius 1 is 0.800 bits per heavy atom. The number of benzene rings is 2. The number of carbonyl (C=O) groups excluding carboxylic acids is 3. The zero-order chi connectivity index (χ0) is 39.5. The van der Waals surface area contributed by atoms with Crippen molar-refractivity contribution >= 4 is 48.3 Å². The molecule has 0 spiro atoms. The molecule has 1 saturated heterocycles. The number of esters is 3. The Hall–Kier alpha value is -2.65. The Balaban J connectivity index is 0.981. The van der Waals surface area contributed by atoms with Gasteiger partial charge in [-0.3, -0.25) is 0 Å². The van der Waals surface area contributed by atoms with Gasteiger partial charge in [-0.05, 0) is 56.3 Å². The van der Waals surface area contributed by atoms with E-state index in [1.54, 1.807) is 24.3 Å². The Kier molecular flexibility index (Phi) is 9.59. The summed E-state index contributed by atoms with van der Waals surface area (Å²) in [5.74, 6) is -3.81. The quantitative estimate of drug-likeness (QED) is 0.132. The molecule has 0 amide bonds. The molecule has 9 rings (SSSR count). The van der Waals surface area contributed by atoms with Crippen molar-refractivity contribution in [3.63, 3.8) is 0 Å². The third-order valence-corrected chi connectivity index (χ3v) is 20.6. The van der Waals surface area contributed by atoms with E-state index >= 15 is 8.78 Å². The van der Waals surface area contributed by atoms with E-state index in [1.165, 1.54) is 0 Å². The summed E-state index contributed by atoms with van der Waals surface area (Å²) in [6, 6.07) is 14.3. The maximum atomic E-state index is 15.8. The fourth-order valence-electron chi connectivity index (χ4n) is 10.9. The molecule has 6 unspecified atom stereocenters. The second-order valence-corrected chi connectivity index (χ2v) is 25.7. The average Bonchev–Trinajstić information content (AvgIpc) is 3.73. The second-order valence-electron chi connectivity index (χ2n) is 19.1. The number of rotatable bonds is 10. The van der Waals surface area contributed by atoms with Gasteiger partial charge in [-0.2, -0.15) is 0 Å². The standard InChI is InChI=1S/C42H51F2IO9S/c1-39(2,3)26-7-11-28(12-8-26)45(29-13-9-27(10-14-29)40(4,5)6)54-55(49,50)42(43,44)22-51-36(46)32-30-18-31-33(32)37(47)52-34(31)35(30)53-38(48)41-19-23-15-24(20-41)17-25(16-23)21-41/h7-14,23-25,30-35H,15-22H2,1-6H3. The van der Waals surface area contributed by atoms with E-state index in [0.29, 0.717) is 31.3 Å². The number of fused-ring (bicyclic) bond motifs is 1. The van der Waals surface area contributed by atoms with Crippen LogP contribution in [0.4, 0.5) is 8.78 Å². The van der Waals surface area contributed by atoms with Crippen LogP contribution in [-0.2, 0) is 52.1 Å². The topological polar surface area (TPSA) is 122 Å². The van der Waals surface area contributed by atoms with Gasteiger partial charge in [0.2, 0.25) is 0 Å². The number of carbonyl (C=O) groups is 3. The van der Waals surface area contributed by atoms with E-state index in [9.17, 15) is 22.8 Å². The Morgan fingerprint density at radius 3 is 1.76 bits per heavy atom. The first kappa shape index (κ1) is 39.2. The van der Waals surface area contributed by atoms with Gasteiger partial charge in [0.15, 0.2) is 0 Å². The first-order valence-corrected chi connectivity index (χ1v) is 23.9. The molecule has 7 fully saturated rings. The van der Waals surface area contributed by atoms with E-state index in [4.69, 9.17) is 16.7 Å². The van der Waals surface area contributed by atoms with Crippen molar-refractivity contribution in [1.29, 1.82) is 0 Å². The maximum absolute atomic E-state index is 15.8. The van der Waals surface area contributed by atoms with Crippen molar-refractivity contribution in [3.05, 3.63) is 66.8 Å².